The van der Waals surface area contributed by atoms with Gasteiger partial charge >= 0.3 is 5.97 Å². The van der Waals surface area contributed by atoms with Crippen molar-refractivity contribution in [1.29, 1.82) is 0 Å². The van der Waals surface area contributed by atoms with Gasteiger partial charge < -0.3 is 23.7 Å². The van der Waals surface area contributed by atoms with Crippen molar-refractivity contribution in [2.24, 2.45) is 34.0 Å². The van der Waals surface area contributed by atoms with Gasteiger partial charge in [-0.15, -0.1) is 0 Å². The Balaban J connectivity index is 1.58. The molecule has 0 spiro atoms. The van der Waals surface area contributed by atoms with Gasteiger partial charge in [-0.25, -0.2) is 0 Å². The van der Waals surface area contributed by atoms with Gasteiger partial charge in [0.2, 0.25) is 0 Å². The van der Waals surface area contributed by atoms with E-state index in [2.05, 4.69) is 20.8 Å². The van der Waals surface area contributed by atoms with Crippen molar-refractivity contribution in [2.45, 2.75) is 84.9 Å². The van der Waals surface area contributed by atoms with Crippen molar-refractivity contribution in [2.75, 3.05) is 7.11 Å². The fourth-order valence-corrected chi connectivity index (χ4v) is 9.59. The fraction of sp³-hybridized carbons (Fsp3) is 0.667. The van der Waals surface area contributed by atoms with E-state index in [1.54, 1.807) is 12.2 Å². The summed E-state index contributed by atoms with van der Waals surface area (Å²) in [6.45, 7) is 12.2. The number of hydrogen-bond acceptors (Lipinski definition) is 7. The smallest absolute Gasteiger partial charge is 0.308 e. The molecule has 3 aliphatic carbocycles. The number of methoxy groups -OCH3 is 1. The minimum absolute atomic E-state index is 0.0301. The van der Waals surface area contributed by atoms with Crippen molar-refractivity contribution in [3.63, 3.8) is 0 Å². The molecule has 2 unspecified atom stereocenters. The number of aliphatic hydroxyl groups is 1. The molecule has 11 atom stereocenters. The Morgan fingerprint density at radius 2 is 1.95 bits per heavy atom. The Hall–Kier alpha value is -2.22. The Kier molecular flexibility index (Phi) is 5.36. The van der Waals surface area contributed by atoms with Gasteiger partial charge in [0.05, 0.1) is 43.9 Å². The Morgan fingerprint density at radius 3 is 2.62 bits per heavy atom. The second-order valence-corrected chi connectivity index (χ2v) is 12.5. The highest BCUT2D eigenvalue weighted by Crippen LogP contribution is 2.73. The van der Waals surface area contributed by atoms with Crippen LogP contribution in [0.3, 0.4) is 0 Å². The van der Waals surface area contributed by atoms with E-state index in [-0.39, 0.29) is 29.7 Å². The van der Waals surface area contributed by atoms with Crippen LogP contribution < -0.4 is 0 Å². The second kappa shape index (κ2) is 7.90. The molecule has 3 heterocycles. The Morgan fingerprint density at radius 1 is 1.22 bits per heavy atom. The Bertz CT molecular complexity index is 1230. The van der Waals surface area contributed by atoms with E-state index in [0.717, 1.165) is 12.8 Å². The first-order chi connectivity index (χ1) is 17.5. The van der Waals surface area contributed by atoms with E-state index in [1.807, 2.05) is 33.3 Å². The van der Waals surface area contributed by atoms with Gasteiger partial charge in [0.25, 0.3) is 0 Å². The van der Waals surface area contributed by atoms with Gasteiger partial charge in [-0.05, 0) is 42.9 Å². The van der Waals surface area contributed by atoms with Crippen molar-refractivity contribution < 1.29 is 33.3 Å². The topological polar surface area (TPSA) is 95.2 Å². The van der Waals surface area contributed by atoms with Gasteiger partial charge in [0.15, 0.2) is 12.1 Å². The maximum absolute atomic E-state index is 13.9. The highest BCUT2D eigenvalue weighted by Gasteiger charge is 2.78. The lowest BCUT2D eigenvalue weighted by Gasteiger charge is -2.61. The maximum atomic E-state index is 13.9. The molecule has 0 radical (unpaired) electrons. The summed E-state index contributed by atoms with van der Waals surface area (Å²) in [4.78, 5) is 27.1. The number of ketones is 1. The minimum atomic E-state index is -1.06. The number of allylic oxidation sites excluding steroid dienone is 2. The van der Waals surface area contributed by atoms with Crippen LogP contribution in [-0.4, -0.2) is 48.6 Å². The molecule has 0 amide bonds. The molecule has 200 valence electrons. The first-order valence-corrected chi connectivity index (χ1v) is 13.5. The maximum Gasteiger partial charge on any atom is 0.308 e. The number of aliphatic hydroxyl groups excluding tert-OH is 1. The quantitative estimate of drug-likeness (QED) is 0.475. The van der Waals surface area contributed by atoms with Gasteiger partial charge in [-0.2, -0.15) is 0 Å². The predicted molar refractivity (Wildman–Crippen MR) is 134 cm³/mol. The average Bonchev–Trinajstić information content (AvgIpc) is 3.59. The second-order valence-electron chi connectivity index (χ2n) is 12.5. The number of ether oxygens (including phenoxy) is 3. The van der Waals surface area contributed by atoms with E-state index in [1.165, 1.54) is 29.4 Å². The zero-order valence-corrected chi connectivity index (χ0v) is 22.7. The number of carbonyl (C=O) groups is 2. The third-order valence-corrected chi connectivity index (χ3v) is 11.0. The SMILES string of the molecule is CCc1cocc1[C@@H]1C[C@H]2O[C@@H]3[C@@H]4OC(O)[C@]5(C)C=CC(=O)[C@](C)([C@@H](C(C)C(=O)OC)[C@]3(C)C2=C1C)[C@@H]45. The van der Waals surface area contributed by atoms with Crippen LogP contribution in [0.25, 0.3) is 0 Å². The number of carbonyl (C=O) groups excluding carboxylic acids is 2. The molecule has 7 nitrogen and oxygen atoms in total. The van der Waals surface area contributed by atoms with Gasteiger partial charge in [-0.3, -0.25) is 9.59 Å². The third kappa shape index (κ3) is 2.83. The summed E-state index contributed by atoms with van der Waals surface area (Å²) < 4.78 is 24.1. The molecule has 2 aliphatic heterocycles. The largest absolute Gasteiger partial charge is 0.472 e. The highest BCUT2D eigenvalue weighted by molar-refractivity contribution is 5.97. The van der Waals surface area contributed by atoms with Crippen molar-refractivity contribution in [3.05, 3.63) is 47.0 Å². The van der Waals surface area contributed by atoms with Crippen LogP contribution in [0.5, 0.6) is 0 Å². The zero-order chi connectivity index (χ0) is 26.7. The van der Waals surface area contributed by atoms with E-state index in [4.69, 9.17) is 18.6 Å². The molecular formula is C30H38O7. The number of furan rings is 1. The first-order valence-electron chi connectivity index (χ1n) is 13.5. The summed E-state index contributed by atoms with van der Waals surface area (Å²) in [6.07, 6.45) is 6.62. The molecule has 1 aromatic rings. The lowest BCUT2D eigenvalue weighted by atomic mass is 9.40. The van der Waals surface area contributed by atoms with Crippen LogP contribution in [0.15, 0.2) is 40.2 Å². The summed E-state index contributed by atoms with van der Waals surface area (Å²) in [5.41, 5.74) is 2.36. The highest BCUT2D eigenvalue weighted by atomic mass is 16.6. The van der Waals surface area contributed by atoms with Crippen LogP contribution in [-0.2, 0) is 30.2 Å². The van der Waals surface area contributed by atoms with Gasteiger partial charge in [-0.1, -0.05) is 46.3 Å². The zero-order valence-electron chi connectivity index (χ0n) is 22.7. The summed E-state index contributed by atoms with van der Waals surface area (Å²) >= 11 is 0. The van der Waals surface area contributed by atoms with Crippen LogP contribution in [0.1, 0.15) is 65.0 Å². The Labute approximate surface area is 218 Å². The monoisotopic (exact) mass is 510 g/mol. The van der Waals surface area contributed by atoms with Crippen LogP contribution in [0.2, 0.25) is 0 Å². The molecule has 1 aromatic heterocycles. The number of fused-ring (bicyclic) bond motifs is 4. The molecular weight excluding hydrogens is 472 g/mol. The lowest BCUT2D eigenvalue weighted by molar-refractivity contribution is -0.206. The van der Waals surface area contributed by atoms with Crippen molar-refractivity contribution in [3.8, 4) is 0 Å². The summed E-state index contributed by atoms with van der Waals surface area (Å²) in [5.74, 6) is -1.53. The van der Waals surface area contributed by atoms with E-state index >= 15 is 0 Å². The molecule has 2 saturated heterocycles. The molecule has 0 bridgehead atoms. The first kappa shape index (κ1) is 25.1. The van der Waals surface area contributed by atoms with E-state index in [0.29, 0.717) is 0 Å². The average molecular weight is 511 g/mol. The number of aryl methyl sites for hydroxylation is 1. The number of rotatable bonds is 4. The summed E-state index contributed by atoms with van der Waals surface area (Å²) in [6, 6.07) is 0. The number of esters is 1. The van der Waals surface area contributed by atoms with Crippen LogP contribution in [0.4, 0.5) is 0 Å². The third-order valence-electron chi connectivity index (χ3n) is 11.0. The summed E-state index contributed by atoms with van der Waals surface area (Å²) in [5, 5.41) is 11.1. The van der Waals surface area contributed by atoms with Crippen molar-refractivity contribution in [1.82, 2.24) is 0 Å². The molecule has 5 aliphatic rings. The molecule has 37 heavy (non-hydrogen) atoms. The van der Waals surface area contributed by atoms with E-state index < -0.39 is 46.6 Å². The molecule has 1 N–H and O–H groups in total. The summed E-state index contributed by atoms with van der Waals surface area (Å²) in [7, 11) is 1.40. The van der Waals surface area contributed by atoms with Gasteiger partial charge in [0, 0.05) is 33.6 Å². The van der Waals surface area contributed by atoms with Crippen LogP contribution in [0, 0.1) is 34.0 Å². The predicted octanol–water partition coefficient (Wildman–Crippen LogP) is 4.34. The molecule has 0 aromatic carbocycles. The van der Waals surface area contributed by atoms with Crippen LogP contribution >= 0.6 is 0 Å². The fourth-order valence-electron chi connectivity index (χ4n) is 9.59. The molecule has 3 fully saturated rings. The van der Waals surface area contributed by atoms with Crippen molar-refractivity contribution >= 4 is 11.8 Å². The normalized spacial score (nSPS) is 46.6. The standard InChI is InChI=1S/C30H38O7/c1-8-16-12-35-13-18(16)17-11-19-21(14(17)2)30(6)23(15(3)26(32)34-7)29(5)20(31)9-10-28(4)24(29)22(25(30)36-19)37-27(28)33/h9-10,12-13,15,17,19,22-25,27,33H,8,11H2,1-7H3/t15?,17-,19-,22-,23-,24+,25-,27?,28-,29-,30+/m1/s1. The lowest BCUT2D eigenvalue weighted by Crippen LogP contribution is -2.67. The molecule has 1 saturated carbocycles. The number of hydrogen-bond donors (Lipinski definition) is 1. The minimum Gasteiger partial charge on any atom is -0.472 e. The van der Waals surface area contributed by atoms with E-state index in [9.17, 15) is 14.7 Å². The molecule has 6 rings (SSSR count). The van der Waals surface area contributed by atoms with Gasteiger partial charge in [0.1, 0.15) is 0 Å². The molecule has 7 heteroatoms.